The van der Waals surface area contributed by atoms with Crippen molar-refractivity contribution in [3.8, 4) is 0 Å². The smallest absolute Gasteiger partial charge is 0.229 e. The van der Waals surface area contributed by atoms with Crippen molar-refractivity contribution in [1.29, 1.82) is 0 Å². The Labute approximate surface area is 144 Å². The number of aromatic nitrogens is 1. The van der Waals surface area contributed by atoms with Gasteiger partial charge in [-0.2, -0.15) is 0 Å². The van der Waals surface area contributed by atoms with Crippen molar-refractivity contribution in [2.24, 2.45) is 5.92 Å². The minimum atomic E-state index is -0.317. The number of rotatable bonds is 7. The molecule has 1 atom stereocenters. The van der Waals surface area contributed by atoms with Crippen LogP contribution in [-0.2, 0) is 9.59 Å². The number of aliphatic hydroxyl groups is 1. The fraction of sp³-hybridized carbons (Fsp3) is 0.471. The van der Waals surface area contributed by atoms with Crippen molar-refractivity contribution >= 4 is 38.5 Å². The van der Waals surface area contributed by atoms with Gasteiger partial charge in [-0.3, -0.25) is 14.5 Å². The molecule has 1 aromatic heterocycles. The maximum Gasteiger partial charge on any atom is 0.229 e. The fourth-order valence-electron chi connectivity index (χ4n) is 2.81. The summed E-state index contributed by atoms with van der Waals surface area (Å²) in [7, 11) is 0. The average Bonchev–Trinajstić information content (AvgIpc) is 3.17. The Hall–Kier alpha value is -1.99. The minimum absolute atomic E-state index is 0.0468. The number of amides is 2. The van der Waals surface area contributed by atoms with E-state index in [4.69, 9.17) is 5.11 Å². The Balaban J connectivity index is 1.58. The molecule has 1 saturated heterocycles. The van der Waals surface area contributed by atoms with Crippen LogP contribution in [-0.4, -0.2) is 41.6 Å². The first kappa shape index (κ1) is 16.9. The molecule has 1 fully saturated rings. The number of nitrogens with zero attached hydrogens (tertiary/aromatic N) is 2. The van der Waals surface area contributed by atoms with E-state index >= 15 is 0 Å². The van der Waals surface area contributed by atoms with Crippen molar-refractivity contribution in [3.05, 3.63) is 24.3 Å². The third-order valence-electron chi connectivity index (χ3n) is 4.14. The lowest BCUT2D eigenvalue weighted by molar-refractivity contribution is -0.126. The van der Waals surface area contributed by atoms with E-state index in [0.29, 0.717) is 18.2 Å². The van der Waals surface area contributed by atoms with Gasteiger partial charge >= 0.3 is 0 Å². The van der Waals surface area contributed by atoms with Gasteiger partial charge in [0, 0.05) is 26.1 Å². The molecule has 1 aromatic carbocycles. The molecule has 7 heteroatoms. The van der Waals surface area contributed by atoms with Gasteiger partial charge in [-0.1, -0.05) is 23.5 Å². The van der Waals surface area contributed by atoms with Crippen LogP contribution >= 0.6 is 11.3 Å². The first-order valence-electron chi connectivity index (χ1n) is 8.23. The predicted octanol–water partition coefficient (Wildman–Crippen LogP) is 1.93. The highest BCUT2D eigenvalue weighted by Crippen LogP contribution is 2.32. The standard InChI is InChI=1S/C17H21N3O3S/c21-9-5-1-4-8-18-16(23)12-10-15(22)20(11-12)17-19-13-6-2-3-7-14(13)24-17/h2-3,6-7,12,21H,1,4-5,8-11H2,(H,18,23). The highest BCUT2D eigenvalue weighted by atomic mass is 32.1. The lowest BCUT2D eigenvalue weighted by atomic mass is 10.1. The molecule has 2 aromatic rings. The summed E-state index contributed by atoms with van der Waals surface area (Å²) in [5.41, 5.74) is 0.877. The molecular weight excluding hydrogens is 326 g/mol. The van der Waals surface area contributed by atoms with Crippen LogP contribution in [0.5, 0.6) is 0 Å². The van der Waals surface area contributed by atoms with Gasteiger partial charge < -0.3 is 10.4 Å². The van der Waals surface area contributed by atoms with Crippen LogP contribution in [0.1, 0.15) is 25.7 Å². The molecule has 24 heavy (non-hydrogen) atoms. The molecule has 0 radical (unpaired) electrons. The summed E-state index contributed by atoms with van der Waals surface area (Å²) in [5, 5.41) is 12.3. The van der Waals surface area contributed by atoms with Crippen LogP contribution in [0.2, 0.25) is 0 Å². The molecule has 3 rings (SSSR count). The zero-order valence-electron chi connectivity index (χ0n) is 13.4. The maximum absolute atomic E-state index is 12.3. The zero-order chi connectivity index (χ0) is 16.9. The molecule has 1 aliphatic heterocycles. The Morgan fingerprint density at radius 2 is 2.17 bits per heavy atom. The van der Waals surface area contributed by atoms with Crippen molar-refractivity contribution in [3.63, 3.8) is 0 Å². The number of thiazole rings is 1. The monoisotopic (exact) mass is 347 g/mol. The second-order valence-corrected chi connectivity index (χ2v) is 6.95. The van der Waals surface area contributed by atoms with Crippen molar-refractivity contribution < 1.29 is 14.7 Å². The van der Waals surface area contributed by atoms with E-state index in [1.807, 2.05) is 24.3 Å². The summed E-state index contributed by atoms with van der Waals surface area (Å²) in [6.45, 7) is 1.16. The number of unbranched alkanes of at least 4 members (excludes halogenated alkanes) is 2. The van der Waals surface area contributed by atoms with Crippen LogP contribution in [0.25, 0.3) is 10.2 Å². The fourth-order valence-corrected chi connectivity index (χ4v) is 3.81. The highest BCUT2D eigenvalue weighted by Gasteiger charge is 2.36. The Morgan fingerprint density at radius 1 is 1.33 bits per heavy atom. The normalized spacial score (nSPS) is 17.6. The predicted molar refractivity (Wildman–Crippen MR) is 94.0 cm³/mol. The van der Waals surface area contributed by atoms with Gasteiger partial charge in [0.05, 0.1) is 16.1 Å². The van der Waals surface area contributed by atoms with Crippen LogP contribution in [0.3, 0.4) is 0 Å². The average molecular weight is 347 g/mol. The van der Waals surface area contributed by atoms with Gasteiger partial charge in [-0.25, -0.2) is 4.98 Å². The molecule has 2 heterocycles. The van der Waals surface area contributed by atoms with Gasteiger partial charge in [0.2, 0.25) is 11.8 Å². The number of hydrogen-bond acceptors (Lipinski definition) is 5. The highest BCUT2D eigenvalue weighted by molar-refractivity contribution is 7.22. The van der Waals surface area contributed by atoms with E-state index < -0.39 is 0 Å². The molecule has 0 aliphatic carbocycles. The molecule has 6 nitrogen and oxygen atoms in total. The van der Waals surface area contributed by atoms with E-state index in [1.165, 1.54) is 11.3 Å². The number of fused-ring (bicyclic) bond motifs is 1. The van der Waals surface area contributed by atoms with Gasteiger partial charge in [0.25, 0.3) is 0 Å². The molecule has 0 saturated carbocycles. The topological polar surface area (TPSA) is 82.5 Å². The lowest BCUT2D eigenvalue weighted by Gasteiger charge is -2.13. The van der Waals surface area contributed by atoms with Crippen LogP contribution in [0.4, 0.5) is 5.13 Å². The minimum Gasteiger partial charge on any atom is -0.396 e. The summed E-state index contributed by atoms with van der Waals surface area (Å²) in [6.07, 6.45) is 2.72. The molecule has 2 amide bonds. The van der Waals surface area contributed by atoms with Gasteiger partial charge in [-0.15, -0.1) is 0 Å². The second kappa shape index (κ2) is 7.72. The summed E-state index contributed by atoms with van der Waals surface area (Å²) < 4.78 is 1.04. The van der Waals surface area contributed by atoms with Crippen LogP contribution < -0.4 is 10.2 Å². The third kappa shape index (κ3) is 3.73. The van der Waals surface area contributed by atoms with E-state index in [0.717, 1.165) is 29.5 Å². The first-order valence-corrected chi connectivity index (χ1v) is 9.05. The number of carbonyl (C=O) groups is 2. The third-order valence-corrected chi connectivity index (χ3v) is 5.20. The van der Waals surface area contributed by atoms with Crippen LogP contribution in [0.15, 0.2) is 24.3 Å². The van der Waals surface area contributed by atoms with E-state index in [-0.39, 0.29) is 30.8 Å². The second-order valence-electron chi connectivity index (χ2n) is 5.94. The zero-order valence-corrected chi connectivity index (χ0v) is 14.2. The SMILES string of the molecule is O=C(NCCCCCO)C1CC(=O)N(c2nc3ccccc3s2)C1. The number of nitrogens with one attached hydrogen (secondary N) is 1. The largest absolute Gasteiger partial charge is 0.396 e. The molecule has 2 N–H and O–H groups in total. The number of benzene rings is 1. The van der Waals surface area contributed by atoms with Crippen LogP contribution in [0, 0.1) is 5.92 Å². The molecule has 1 aliphatic rings. The Kier molecular flexibility index (Phi) is 5.42. The molecule has 0 bridgehead atoms. The molecule has 128 valence electrons. The first-order chi connectivity index (χ1) is 11.7. The number of para-hydroxylation sites is 1. The van der Waals surface area contributed by atoms with Crippen molar-refractivity contribution in [1.82, 2.24) is 10.3 Å². The van der Waals surface area contributed by atoms with E-state index in [1.54, 1.807) is 4.90 Å². The summed E-state index contributed by atoms with van der Waals surface area (Å²) in [5.74, 6) is -0.437. The molecular formula is C17H21N3O3S. The molecule has 1 unspecified atom stereocenters. The van der Waals surface area contributed by atoms with Gasteiger partial charge in [0.15, 0.2) is 5.13 Å². The Bertz CT molecular complexity index is 698. The van der Waals surface area contributed by atoms with Gasteiger partial charge in [0.1, 0.15) is 0 Å². The number of anilines is 1. The van der Waals surface area contributed by atoms with Crippen molar-refractivity contribution in [2.45, 2.75) is 25.7 Å². The quantitative estimate of drug-likeness (QED) is 0.750. The number of carbonyl (C=O) groups excluding carboxylic acids is 2. The molecule has 0 spiro atoms. The van der Waals surface area contributed by atoms with E-state index in [2.05, 4.69) is 10.3 Å². The number of hydrogen-bond donors (Lipinski definition) is 2. The number of aliphatic hydroxyl groups excluding tert-OH is 1. The van der Waals surface area contributed by atoms with Crippen molar-refractivity contribution in [2.75, 3.05) is 24.6 Å². The Morgan fingerprint density at radius 3 is 2.96 bits per heavy atom. The summed E-state index contributed by atoms with van der Waals surface area (Å²) in [6, 6.07) is 7.77. The summed E-state index contributed by atoms with van der Waals surface area (Å²) >= 11 is 1.48. The maximum atomic E-state index is 12.3. The van der Waals surface area contributed by atoms with Gasteiger partial charge in [-0.05, 0) is 31.4 Å². The lowest BCUT2D eigenvalue weighted by Crippen LogP contribution is -2.33. The van der Waals surface area contributed by atoms with E-state index in [9.17, 15) is 9.59 Å². The summed E-state index contributed by atoms with van der Waals surface area (Å²) in [4.78, 5) is 30.6.